The number of Topliss-reactive ketones (excluding diaryl/α,β-unsaturated/α-hetero) is 2. The van der Waals surface area contributed by atoms with Crippen LogP contribution in [0.2, 0.25) is 0 Å². The maximum atomic E-state index is 12.6. The zero-order chi connectivity index (χ0) is 14.7. The fraction of sp³-hybridized carbons (Fsp3) is 0.643. The Morgan fingerprint density at radius 2 is 2.00 bits per heavy atom. The Morgan fingerprint density at radius 3 is 2.55 bits per heavy atom. The Labute approximate surface area is 116 Å². The lowest BCUT2D eigenvalue weighted by Gasteiger charge is -2.51. The summed E-state index contributed by atoms with van der Waals surface area (Å²) in [5.74, 6) is -3.76. The van der Waals surface area contributed by atoms with Gasteiger partial charge >= 0.3 is 5.97 Å². The van der Waals surface area contributed by atoms with Crippen molar-refractivity contribution in [1.29, 1.82) is 0 Å². The van der Waals surface area contributed by atoms with E-state index in [4.69, 9.17) is 14.2 Å². The van der Waals surface area contributed by atoms with Gasteiger partial charge in [-0.3, -0.25) is 14.4 Å². The average molecular weight is 280 g/mol. The Bertz CT molecular complexity index is 530. The van der Waals surface area contributed by atoms with Crippen LogP contribution in [0.3, 0.4) is 0 Å². The summed E-state index contributed by atoms with van der Waals surface area (Å²) in [4.78, 5) is 36.0. The molecule has 0 unspecified atom stereocenters. The van der Waals surface area contributed by atoms with E-state index >= 15 is 0 Å². The van der Waals surface area contributed by atoms with Crippen LogP contribution in [0.4, 0.5) is 0 Å². The molecule has 0 N–H and O–H groups in total. The lowest BCUT2D eigenvalue weighted by Crippen LogP contribution is -2.65. The predicted molar refractivity (Wildman–Crippen MR) is 65.5 cm³/mol. The maximum Gasteiger partial charge on any atom is 0.306 e. The number of hydrogen-bond acceptors (Lipinski definition) is 6. The van der Waals surface area contributed by atoms with Gasteiger partial charge in [0.25, 0.3) is 0 Å². The van der Waals surface area contributed by atoms with Crippen molar-refractivity contribution in [2.75, 3.05) is 14.2 Å². The lowest BCUT2D eigenvalue weighted by atomic mass is 9.59. The normalized spacial score (nSPS) is 37.5. The van der Waals surface area contributed by atoms with Gasteiger partial charge in [-0.2, -0.15) is 0 Å². The summed E-state index contributed by atoms with van der Waals surface area (Å²) >= 11 is 0. The third kappa shape index (κ3) is 1.43. The first-order valence-electron chi connectivity index (χ1n) is 6.53. The van der Waals surface area contributed by atoms with Crippen molar-refractivity contribution in [3.8, 4) is 0 Å². The highest BCUT2D eigenvalue weighted by atomic mass is 16.7. The number of ether oxygens (including phenoxy) is 3. The molecule has 0 spiro atoms. The van der Waals surface area contributed by atoms with Gasteiger partial charge in [-0.15, -0.1) is 0 Å². The molecule has 2 fully saturated rings. The number of carbonyl (C=O) groups excluding carboxylic acids is 3. The molecule has 0 amide bonds. The molecule has 108 valence electrons. The van der Waals surface area contributed by atoms with E-state index < -0.39 is 23.7 Å². The van der Waals surface area contributed by atoms with Crippen molar-refractivity contribution in [3.05, 3.63) is 11.6 Å². The third-order valence-corrected chi connectivity index (χ3v) is 4.64. The average Bonchev–Trinajstić information content (AvgIpc) is 2.81. The van der Waals surface area contributed by atoms with Gasteiger partial charge in [-0.1, -0.05) is 6.08 Å². The Morgan fingerprint density at radius 1 is 1.35 bits per heavy atom. The van der Waals surface area contributed by atoms with E-state index in [0.29, 0.717) is 5.57 Å². The minimum atomic E-state index is -1.54. The largest absolute Gasteiger partial charge is 0.461 e. The van der Waals surface area contributed by atoms with Crippen molar-refractivity contribution in [1.82, 2.24) is 0 Å². The second-order valence-electron chi connectivity index (χ2n) is 5.44. The summed E-state index contributed by atoms with van der Waals surface area (Å²) in [7, 11) is 2.73. The van der Waals surface area contributed by atoms with Crippen LogP contribution in [0.5, 0.6) is 0 Å². The van der Waals surface area contributed by atoms with E-state index in [0.717, 1.165) is 0 Å². The fourth-order valence-corrected chi connectivity index (χ4v) is 3.79. The minimum absolute atomic E-state index is 0.160. The summed E-state index contributed by atoms with van der Waals surface area (Å²) in [5.41, 5.74) is 0.453. The SMILES string of the molecule is COC1(OC)C(=O)[C@@H]2C=C(C(C)=O)[C@H]1[C@H]1OC(=O)C[C@H]12. The highest BCUT2D eigenvalue weighted by Crippen LogP contribution is 2.54. The van der Waals surface area contributed by atoms with Gasteiger partial charge in [0.05, 0.1) is 12.3 Å². The molecule has 6 nitrogen and oxygen atoms in total. The van der Waals surface area contributed by atoms with Crippen molar-refractivity contribution >= 4 is 17.5 Å². The standard InChI is InChI=1S/C14H16O6/c1-6(15)7-4-9-8-5-10(16)20-12(8)11(7)14(18-2,19-3)13(9)17/h4,8-9,11-12H,5H2,1-3H3/t8-,9+,11-,12-/m0/s1. The molecule has 4 aliphatic rings. The molecule has 20 heavy (non-hydrogen) atoms. The number of fused-ring (bicyclic) bond motifs is 1. The van der Waals surface area contributed by atoms with Crippen LogP contribution < -0.4 is 0 Å². The van der Waals surface area contributed by atoms with Crippen molar-refractivity contribution in [2.24, 2.45) is 17.8 Å². The van der Waals surface area contributed by atoms with Crippen LogP contribution in [0, 0.1) is 17.8 Å². The molecule has 1 heterocycles. The van der Waals surface area contributed by atoms with E-state index in [1.807, 2.05) is 0 Å². The van der Waals surface area contributed by atoms with Crippen LogP contribution >= 0.6 is 0 Å². The molecule has 1 aliphatic heterocycles. The van der Waals surface area contributed by atoms with Gasteiger partial charge in [0.15, 0.2) is 11.6 Å². The molecule has 0 aromatic carbocycles. The van der Waals surface area contributed by atoms with Crippen molar-refractivity contribution < 1.29 is 28.6 Å². The summed E-state index contributed by atoms with van der Waals surface area (Å²) in [6.45, 7) is 1.43. The highest BCUT2D eigenvalue weighted by Gasteiger charge is 2.67. The minimum Gasteiger partial charge on any atom is -0.461 e. The molecule has 6 heteroatoms. The first-order chi connectivity index (χ1) is 9.46. The summed E-state index contributed by atoms with van der Waals surface area (Å²) in [6.07, 6.45) is 1.33. The topological polar surface area (TPSA) is 78.9 Å². The second-order valence-corrected chi connectivity index (χ2v) is 5.44. The molecule has 2 bridgehead atoms. The number of esters is 1. The Hall–Kier alpha value is -1.53. The first kappa shape index (κ1) is 13.5. The molecule has 1 saturated carbocycles. The van der Waals surface area contributed by atoms with E-state index in [2.05, 4.69) is 0 Å². The second kappa shape index (κ2) is 4.23. The Kier molecular flexibility index (Phi) is 2.85. The summed E-state index contributed by atoms with van der Waals surface area (Å²) in [5, 5.41) is 0. The van der Waals surface area contributed by atoms with E-state index in [1.54, 1.807) is 6.08 Å². The number of ketones is 2. The number of hydrogen-bond donors (Lipinski definition) is 0. The van der Waals surface area contributed by atoms with Gasteiger partial charge in [0, 0.05) is 31.6 Å². The highest BCUT2D eigenvalue weighted by molar-refractivity contribution is 6.03. The molecule has 0 aromatic rings. The monoisotopic (exact) mass is 280 g/mol. The summed E-state index contributed by atoms with van der Waals surface area (Å²) in [6, 6.07) is 0. The van der Waals surface area contributed by atoms with Crippen molar-refractivity contribution in [2.45, 2.75) is 25.2 Å². The third-order valence-electron chi connectivity index (χ3n) is 4.64. The van der Waals surface area contributed by atoms with Crippen LogP contribution in [0.1, 0.15) is 13.3 Å². The first-order valence-corrected chi connectivity index (χ1v) is 6.53. The Balaban J connectivity index is 2.17. The fourth-order valence-electron chi connectivity index (χ4n) is 3.79. The number of allylic oxidation sites excluding steroid dienone is 1. The summed E-state index contributed by atoms with van der Waals surface area (Å²) < 4.78 is 16.0. The zero-order valence-electron chi connectivity index (χ0n) is 11.5. The molecule has 1 saturated heterocycles. The smallest absolute Gasteiger partial charge is 0.306 e. The van der Waals surface area contributed by atoms with Crippen LogP contribution in [-0.2, 0) is 28.6 Å². The van der Waals surface area contributed by atoms with Gasteiger partial charge < -0.3 is 14.2 Å². The molecule has 4 atom stereocenters. The van der Waals surface area contributed by atoms with E-state index in [-0.39, 0.29) is 29.9 Å². The maximum absolute atomic E-state index is 12.6. The number of rotatable bonds is 3. The quantitative estimate of drug-likeness (QED) is 0.544. The van der Waals surface area contributed by atoms with Gasteiger partial charge in [0.2, 0.25) is 5.79 Å². The predicted octanol–water partition coefficient (Wildman–Crippen LogP) is 0.251. The van der Waals surface area contributed by atoms with E-state index in [9.17, 15) is 14.4 Å². The molecule has 4 rings (SSSR count). The van der Waals surface area contributed by atoms with Crippen LogP contribution in [0.25, 0.3) is 0 Å². The molecule has 0 aromatic heterocycles. The van der Waals surface area contributed by atoms with Crippen LogP contribution in [0.15, 0.2) is 11.6 Å². The number of methoxy groups -OCH3 is 2. The zero-order valence-corrected chi connectivity index (χ0v) is 11.5. The van der Waals surface area contributed by atoms with Gasteiger partial charge in [-0.05, 0) is 6.92 Å². The molecular weight excluding hydrogens is 264 g/mol. The molecule has 0 radical (unpaired) electrons. The lowest BCUT2D eigenvalue weighted by molar-refractivity contribution is -0.255. The number of carbonyl (C=O) groups is 3. The van der Waals surface area contributed by atoms with Gasteiger partial charge in [-0.25, -0.2) is 0 Å². The molecule has 3 aliphatic carbocycles. The van der Waals surface area contributed by atoms with Crippen molar-refractivity contribution in [3.63, 3.8) is 0 Å². The van der Waals surface area contributed by atoms with E-state index in [1.165, 1.54) is 21.1 Å². The van der Waals surface area contributed by atoms with Gasteiger partial charge in [0.1, 0.15) is 6.10 Å². The van der Waals surface area contributed by atoms with Crippen LogP contribution in [-0.4, -0.2) is 43.6 Å². The molecular formula is C14H16O6.